The number of amidine groups is 4. The quantitative estimate of drug-likeness (QED) is 0.670. The zero-order chi connectivity index (χ0) is 16.1. The van der Waals surface area contributed by atoms with Crippen molar-refractivity contribution in [3.63, 3.8) is 0 Å². The van der Waals surface area contributed by atoms with Crippen LogP contribution < -0.4 is 16.2 Å². The van der Waals surface area contributed by atoms with E-state index in [1.807, 2.05) is 0 Å². The molecule has 2 aliphatic rings. The summed E-state index contributed by atoms with van der Waals surface area (Å²) in [5.74, 6) is 2.07. The summed E-state index contributed by atoms with van der Waals surface area (Å²) in [6.45, 7) is 0. The molecule has 0 spiro atoms. The second-order valence-corrected chi connectivity index (χ2v) is 5.21. The molecular formula is C16H12N6O. The van der Waals surface area contributed by atoms with Gasteiger partial charge in [-0.2, -0.15) is 0 Å². The van der Waals surface area contributed by atoms with Gasteiger partial charge in [-0.15, -0.1) is 0 Å². The van der Waals surface area contributed by atoms with Crippen LogP contribution in [0.3, 0.4) is 0 Å². The third kappa shape index (κ3) is 1.98. The Morgan fingerprint density at radius 2 is 1.13 bits per heavy atom. The summed E-state index contributed by atoms with van der Waals surface area (Å²) in [7, 11) is 0. The first-order valence-corrected chi connectivity index (χ1v) is 6.86. The molecule has 0 radical (unpaired) electrons. The minimum absolute atomic E-state index is 0.125. The van der Waals surface area contributed by atoms with E-state index in [0.717, 1.165) is 11.1 Å². The summed E-state index contributed by atoms with van der Waals surface area (Å²) in [6.07, 6.45) is 0. The molecule has 0 aliphatic carbocycles. The summed E-state index contributed by atoms with van der Waals surface area (Å²) in [5, 5.41) is 15.6. The largest absolute Gasteiger partial charge is 0.457 e. The number of nitrogens with one attached hydrogen (secondary N) is 2. The van der Waals surface area contributed by atoms with Crippen LogP contribution in [0.5, 0.6) is 11.5 Å². The van der Waals surface area contributed by atoms with Gasteiger partial charge in [0.15, 0.2) is 11.7 Å². The fourth-order valence-electron chi connectivity index (χ4n) is 2.63. The highest BCUT2D eigenvalue weighted by atomic mass is 16.5. The van der Waals surface area contributed by atoms with E-state index in [2.05, 4.69) is 9.98 Å². The lowest BCUT2D eigenvalue weighted by molar-refractivity contribution is 0.482. The van der Waals surface area contributed by atoms with Crippen LogP contribution in [0.15, 0.2) is 46.4 Å². The first-order valence-electron chi connectivity index (χ1n) is 6.86. The molecule has 2 heterocycles. The van der Waals surface area contributed by atoms with Gasteiger partial charge in [-0.1, -0.05) is 0 Å². The van der Waals surface area contributed by atoms with E-state index >= 15 is 0 Å². The second-order valence-electron chi connectivity index (χ2n) is 5.21. The van der Waals surface area contributed by atoms with Crippen LogP contribution in [0.25, 0.3) is 0 Å². The Kier molecular flexibility index (Phi) is 2.59. The normalized spacial score (nSPS) is 15.1. The standard InChI is InChI=1S/C16H12N6O/c17-13-9-3-1-7(5-11(9)15(19)21-13)23-8-2-4-10-12(6-8)16(20)22-14(10)18/h1-6H,(H3,17,19,21)(H3,18,20,22). The van der Waals surface area contributed by atoms with Crippen molar-refractivity contribution in [2.75, 3.05) is 0 Å². The average molecular weight is 304 g/mol. The summed E-state index contributed by atoms with van der Waals surface area (Å²) in [6, 6.07) is 10.5. The fourth-order valence-corrected chi connectivity index (χ4v) is 2.63. The topological polar surface area (TPSA) is 134 Å². The predicted octanol–water partition coefficient (Wildman–Crippen LogP) is 1.57. The van der Waals surface area contributed by atoms with Crippen LogP contribution in [0, 0.1) is 10.8 Å². The second kappa shape index (κ2) is 4.51. The zero-order valence-corrected chi connectivity index (χ0v) is 11.9. The van der Waals surface area contributed by atoms with Crippen molar-refractivity contribution in [2.24, 2.45) is 21.5 Å². The van der Waals surface area contributed by atoms with E-state index in [1.165, 1.54) is 0 Å². The van der Waals surface area contributed by atoms with Gasteiger partial charge in [0.25, 0.3) is 0 Å². The third-order valence-corrected chi connectivity index (χ3v) is 3.74. The fraction of sp³-hybridized carbons (Fsp3) is 0. The number of benzene rings is 2. The summed E-state index contributed by atoms with van der Waals surface area (Å²) in [5.41, 5.74) is 14.3. The summed E-state index contributed by atoms with van der Waals surface area (Å²) >= 11 is 0. The Hall–Kier alpha value is -3.48. The van der Waals surface area contributed by atoms with Gasteiger partial charge < -0.3 is 16.2 Å². The molecule has 2 aromatic rings. The Bertz CT molecular complexity index is 880. The summed E-state index contributed by atoms with van der Waals surface area (Å²) in [4.78, 5) is 7.87. The van der Waals surface area contributed by atoms with E-state index in [1.54, 1.807) is 36.4 Å². The van der Waals surface area contributed by atoms with Crippen LogP contribution in [-0.4, -0.2) is 23.3 Å². The molecule has 0 fully saturated rings. The van der Waals surface area contributed by atoms with Gasteiger partial charge in [-0.3, -0.25) is 10.8 Å². The molecule has 0 aromatic heterocycles. The molecule has 6 N–H and O–H groups in total. The molecule has 0 saturated carbocycles. The number of fused-ring (bicyclic) bond motifs is 2. The monoisotopic (exact) mass is 304 g/mol. The molecule has 112 valence electrons. The van der Waals surface area contributed by atoms with E-state index in [9.17, 15) is 0 Å². The third-order valence-electron chi connectivity index (χ3n) is 3.74. The van der Waals surface area contributed by atoms with E-state index in [4.69, 9.17) is 27.0 Å². The van der Waals surface area contributed by atoms with Gasteiger partial charge in [0, 0.05) is 22.3 Å². The van der Waals surface area contributed by atoms with E-state index < -0.39 is 0 Å². The van der Waals surface area contributed by atoms with E-state index in [0.29, 0.717) is 34.3 Å². The number of hydrogen-bond donors (Lipinski definition) is 4. The lowest BCUT2D eigenvalue weighted by atomic mass is 10.1. The maximum atomic E-state index is 7.81. The van der Waals surface area contributed by atoms with Crippen LogP contribution in [0.4, 0.5) is 0 Å². The van der Waals surface area contributed by atoms with Gasteiger partial charge in [0.05, 0.1) is 0 Å². The minimum Gasteiger partial charge on any atom is -0.457 e. The van der Waals surface area contributed by atoms with Gasteiger partial charge in [-0.25, -0.2) is 9.98 Å². The predicted molar refractivity (Wildman–Crippen MR) is 88.1 cm³/mol. The van der Waals surface area contributed by atoms with Crippen molar-refractivity contribution in [1.82, 2.24) is 0 Å². The van der Waals surface area contributed by atoms with Crippen molar-refractivity contribution in [1.29, 1.82) is 10.8 Å². The number of nitrogens with zero attached hydrogens (tertiary/aromatic N) is 2. The van der Waals surface area contributed by atoms with Crippen molar-refractivity contribution in [2.45, 2.75) is 0 Å². The minimum atomic E-state index is 0.125. The Morgan fingerprint density at radius 3 is 1.57 bits per heavy atom. The molecule has 0 unspecified atom stereocenters. The zero-order valence-electron chi connectivity index (χ0n) is 11.9. The van der Waals surface area contributed by atoms with Crippen molar-refractivity contribution in [3.05, 3.63) is 58.7 Å². The lowest BCUT2D eigenvalue weighted by Gasteiger charge is -2.09. The molecular weight excluding hydrogens is 292 g/mol. The molecule has 0 amide bonds. The first-order chi connectivity index (χ1) is 11.0. The van der Waals surface area contributed by atoms with Crippen LogP contribution in [0.2, 0.25) is 0 Å². The number of aliphatic imine (C=N–C) groups is 2. The maximum absolute atomic E-state index is 7.81. The molecule has 7 nitrogen and oxygen atoms in total. The van der Waals surface area contributed by atoms with Gasteiger partial charge in [-0.05, 0) is 36.4 Å². The van der Waals surface area contributed by atoms with Crippen LogP contribution in [-0.2, 0) is 0 Å². The highest BCUT2D eigenvalue weighted by molar-refractivity contribution is 6.21. The first kappa shape index (κ1) is 13.2. The number of rotatable bonds is 2. The average Bonchev–Trinajstić information content (AvgIpc) is 2.96. The van der Waals surface area contributed by atoms with Gasteiger partial charge >= 0.3 is 0 Å². The Morgan fingerprint density at radius 1 is 0.696 bits per heavy atom. The highest BCUT2D eigenvalue weighted by Gasteiger charge is 2.21. The number of hydrogen-bond acceptors (Lipinski definition) is 5. The molecule has 0 bridgehead atoms. The number of ether oxygens (including phenoxy) is 1. The molecule has 7 heteroatoms. The van der Waals surface area contributed by atoms with Crippen LogP contribution in [0.1, 0.15) is 22.3 Å². The molecule has 0 atom stereocenters. The molecule has 4 rings (SSSR count). The van der Waals surface area contributed by atoms with Gasteiger partial charge in [0.1, 0.15) is 23.2 Å². The molecule has 0 saturated heterocycles. The van der Waals surface area contributed by atoms with Gasteiger partial charge in [0.2, 0.25) is 0 Å². The van der Waals surface area contributed by atoms with E-state index in [-0.39, 0.29) is 11.7 Å². The SMILES string of the molecule is N=C1N=C(N)c2ccc(Oc3ccc4c(c3)C(=N)N=C4N)cc21. The van der Waals surface area contributed by atoms with Crippen LogP contribution >= 0.6 is 0 Å². The smallest absolute Gasteiger partial charge is 0.155 e. The Balaban J connectivity index is 1.66. The van der Waals surface area contributed by atoms with Crippen molar-refractivity contribution in [3.8, 4) is 11.5 Å². The van der Waals surface area contributed by atoms with Crippen molar-refractivity contribution < 1.29 is 4.74 Å². The lowest BCUT2D eigenvalue weighted by Crippen LogP contribution is -2.10. The number of nitrogens with two attached hydrogens (primary N) is 2. The molecule has 2 aliphatic heterocycles. The Labute approximate surface area is 131 Å². The molecule has 23 heavy (non-hydrogen) atoms. The highest BCUT2D eigenvalue weighted by Crippen LogP contribution is 2.29. The van der Waals surface area contributed by atoms with Crippen molar-refractivity contribution >= 4 is 23.3 Å². The molecule has 2 aromatic carbocycles. The maximum Gasteiger partial charge on any atom is 0.155 e. The summed E-state index contributed by atoms with van der Waals surface area (Å²) < 4.78 is 5.82.